The van der Waals surface area contributed by atoms with Crippen molar-refractivity contribution in [2.75, 3.05) is 19.8 Å². The molecular formula is C20H22N2O4. The number of nitrogens with zero attached hydrogens (tertiary/aromatic N) is 1. The molecule has 0 saturated heterocycles. The van der Waals surface area contributed by atoms with Crippen molar-refractivity contribution in [1.82, 2.24) is 5.32 Å². The van der Waals surface area contributed by atoms with Crippen LogP contribution in [-0.4, -0.2) is 30.6 Å². The number of nitro benzene ring substituents is 1. The number of ether oxygens (including phenoxy) is 1. The smallest absolute Gasteiger partial charge is 0.270 e. The molecule has 0 aliphatic carbocycles. The van der Waals surface area contributed by atoms with Gasteiger partial charge in [0.15, 0.2) is 0 Å². The average Bonchev–Trinajstić information content (AvgIpc) is 2.66. The molecule has 2 aromatic rings. The Balaban J connectivity index is 2.23. The molecule has 2 aromatic carbocycles. The number of carbonyl (C=O) groups is 1. The highest BCUT2D eigenvalue weighted by molar-refractivity contribution is 6.24. The monoisotopic (exact) mass is 354 g/mol. The Kier molecular flexibility index (Phi) is 7.51. The second kappa shape index (κ2) is 10.1. The zero-order chi connectivity index (χ0) is 18.8. The number of carbonyl (C=O) groups excluding carboxylic acids is 1. The highest BCUT2D eigenvalue weighted by Crippen LogP contribution is 2.21. The number of hydrogen-bond acceptors (Lipinski definition) is 4. The van der Waals surface area contributed by atoms with Crippen molar-refractivity contribution in [1.29, 1.82) is 0 Å². The lowest BCUT2D eigenvalue weighted by Crippen LogP contribution is -2.26. The predicted molar refractivity (Wildman–Crippen MR) is 102 cm³/mol. The van der Waals surface area contributed by atoms with Crippen molar-refractivity contribution in [3.63, 3.8) is 0 Å². The topological polar surface area (TPSA) is 81.5 Å². The Labute approximate surface area is 152 Å². The summed E-state index contributed by atoms with van der Waals surface area (Å²) in [5, 5.41) is 13.8. The molecule has 0 unspecified atom stereocenters. The molecule has 1 amide bonds. The first-order chi connectivity index (χ1) is 12.6. The Morgan fingerprint density at radius 1 is 1.19 bits per heavy atom. The Morgan fingerprint density at radius 2 is 1.96 bits per heavy atom. The lowest BCUT2D eigenvalue weighted by molar-refractivity contribution is -0.384. The number of nitro groups is 1. The van der Waals surface area contributed by atoms with Gasteiger partial charge in [0, 0.05) is 37.5 Å². The number of non-ortho nitro benzene ring substituents is 1. The van der Waals surface area contributed by atoms with Crippen LogP contribution in [0.25, 0.3) is 11.6 Å². The fraction of sp³-hybridized carbons (Fsp3) is 0.250. The summed E-state index contributed by atoms with van der Waals surface area (Å²) in [6.45, 7) is 3.66. The quantitative estimate of drug-likeness (QED) is 0.245. The molecule has 0 atom stereocenters. The fourth-order valence-corrected chi connectivity index (χ4v) is 2.41. The van der Waals surface area contributed by atoms with E-state index in [1.54, 1.807) is 18.2 Å². The number of rotatable bonds is 9. The average molecular weight is 354 g/mol. The van der Waals surface area contributed by atoms with Crippen LogP contribution >= 0.6 is 0 Å². The predicted octanol–water partition coefficient (Wildman–Crippen LogP) is 3.68. The molecule has 1 N–H and O–H groups in total. The molecule has 0 spiro atoms. The van der Waals surface area contributed by atoms with Gasteiger partial charge in [-0.05, 0) is 30.5 Å². The number of nitrogens with one attached hydrogen (secondary N) is 1. The molecule has 2 rings (SSSR count). The van der Waals surface area contributed by atoms with Crippen LogP contribution in [0.1, 0.15) is 24.5 Å². The van der Waals surface area contributed by atoms with Crippen molar-refractivity contribution in [2.24, 2.45) is 0 Å². The molecule has 0 saturated carbocycles. The highest BCUT2D eigenvalue weighted by atomic mass is 16.6. The van der Waals surface area contributed by atoms with Gasteiger partial charge in [0.1, 0.15) is 0 Å². The normalized spacial score (nSPS) is 11.2. The summed E-state index contributed by atoms with van der Waals surface area (Å²) in [5.41, 5.74) is 1.80. The van der Waals surface area contributed by atoms with Gasteiger partial charge in [0.05, 0.1) is 4.92 Å². The number of amides is 1. The van der Waals surface area contributed by atoms with Gasteiger partial charge in [-0.3, -0.25) is 14.9 Å². The maximum atomic E-state index is 12.6. The van der Waals surface area contributed by atoms with E-state index in [0.29, 0.717) is 30.9 Å². The van der Waals surface area contributed by atoms with Gasteiger partial charge in [-0.15, -0.1) is 0 Å². The maximum absolute atomic E-state index is 12.6. The van der Waals surface area contributed by atoms with Gasteiger partial charge in [-0.2, -0.15) is 0 Å². The molecule has 0 aliphatic rings. The van der Waals surface area contributed by atoms with E-state index < -0.39 is 4.92 Å². The molecule has 0 bridgehead atoms. The summed E-state index contributed by atoms with van der Waals surface area (Å²) in [6.07, 6.45) is 2.39. The third-order valence-electron chi connectivity index (χ3n) is 3.68. The van der Waals surface area contributed by atoms with Gasteiger partial charge in [0.2, 0.25) is 0 Å². The third-order valence-corrected chi connectivity index (χ3v) is 3.68. The minimum atomic E-state index is -0.451. The lowest BCUT2D eigenvalue weighted by atomic mass is 10.0. The first kappa shape index (κ1) is 19.3. The summed E-state index contributed by atoms with van der Waals surface area (Å²) in [7, 11) is 0. The van der Waals surface area contributed by atoms with E-state index in [1.807, 2.05) is 37.3 Å². The minimum Gasteiger partial charge on any atom is -0.382 e. The van der Waals surface area contributed by atoms with E-state index >= 15 is 0 Å². The largest absolute Gasteiger partial charge is 0.382 e. The Morgan fingerprint density at radius 3 is 2.65 bits per heavy atom. The zero-order valence-electron chi connectivity index (χ0n) is 14.7. The molecule has 6 heteroatoms. The molecule has 6 nitrogen and oxygen atoms in total. The van der Waals surface area contributed by atoms with Crippen LogP contribution < -0.4 is 5.32 Å². The van der Waals surface area contributed by atoms with Gasteiger partial charge >= 0.3 is 0 Å². The van der Waals surface area contributed by atoms with Crippen LogP contribution in [0.15, 0.2) is 54.6 Å². The van der Waals surface area contributed by atoms with Crippen LogP contribution in [0, 0.1) is 10.1 Å². The summed E-state index contributed by atoms with van der Waals surface area (Å²) in [4.78, 5) is 23.2. The van der Waals surface area contributed by atoms with Crippen molar-refractivity contribution in [3.05, 3.63) is 75.8 Å². The van der Waals surface area contributed by atoms with Crippen LogP contribution in [0.2, 0.25) is 0 Å². The van der Waals surface area contributed by atoms with Gasteiger partial charge < -0.3 is 10.1 Å². The van der Waals surface area contributed by atoms with E-state index in [9.17, 15) is 14.9 Å². The molecule has 136 valence electrons. The van der Waals surface area contributed by atoms with Crippen molar-refractivity contribution in [2.45, 2.75) is 13.3 Å². The molecular weight excluding hydrogens is 332 g/mol. The van der Waals surface area contributed by atoms with Gasteiger partial charge in [0.25, 0.3) is 11.6 Å². The first-order valence-electron chi connectivity index (χ1n) is 8.49. The molecule has 0 radical (unpaired) electrons. The summed E-state index contributed by atoms with van der Waals surface area (Å²) in [6, 6.07) is 15.4. The number of benzene rings is 2. The fourth-order valence-electron chi connectivity index (χ4n) is 2.41. The molecule has 0 aliphatic heterocycles. The molecule has 26 heavy (non-hydrogen) atoms. The van der Waals surface area contributed by atoms with E-state index in [-0.39, 0.29) is 11.6 Å². The Hall–Kier alpha value is -2.99. The summed E-state index contributed by atoms with van der Waals surface area (Å²) >= 11 is 0. The second-order valence-electron chi connectivity index (χ2n) is 5.58. The molecule has 0 fully saturated rings. The van der Waals surface area contributed by atoms with E-state index in [4.69, 9.17) is 4.74 Å². The van der Waals surface area contributed by atoms with Crippen LogP contribution in [0.3, 0.4) is 0 Å². The summed E-state index contributed by atoms with van der Waals surface area (Å²) < 4.78 is 5.26. The van der Waals surface area contributed by atoms with Gasteiger partial charge in [-0.1, -0.05) is 42.5 Å². The van der Waals surface area contributed by atoms with E-state index in [2.05, 4.69) is 5.32 Å². The highest BCUT2D eigenvalue weighted by Gasteiger charge is 2.13. The SMILES string of the molecule is CCOCCCNC(=O)/C(=C/c1cccc([N+](=O)[O-])c1)c1ccccc1. The zero-order valence-corrected chi connectivity index (χ0v) is 14.7. The Bertz CT molecular complexity index is 772. The van der Waals surface area contributed by atoms with E-state index in [1.165, 1.54) is 12.1 Å². The number of hydrogen-bond donors (Lipinski definition) is 1. The summed E-state index contributed by atoms with van der Waals surface area (Å²) in [5.74, 6) is -0.223. The maximum Gasteiger partial charge on any atom is 0.270 e. The standard InChI is InChI=1S/C20H22N2O4/c1-2-26-13-7-12-21-20(23)19(17-9-4-3-5-10-17)15-16-8-6-11-18(14-16)22(24)25/h3-6,8-11,14-15H,2,7,12-13H2,1H3,(H,21,23)/b19-15+. The minimum absolute atomic E-state index is 0.0108. The second-order valence-corrected chi connectivity index (χ2v) is 5.58. The lowest BCUT2D eigenvalue weighted by Gasteiger charge is -2.10. The van der Waals surface area contributed by atoms with Gasteiger partial charge in [-0.25, -0.2) is 0 Å². The third kappa shape index (κ3) is 5.82. The molecule has 0 aromatic heterocycles. The van der Waals surface area contributed by atoms with Crippen LogP contribution in [-0.2, 0) is 9.53 Å². The van der Waals surface area contributed by atoms with Crippen molar-refractivity contribution < 1.29 is 14.5 Å². The van der Waals surface area contributed by atoms with Crippen LogP contribution in [0.5, 0.6) is 0 Å². The van der Waals surface area contributed by atoms with E-state index in [0.717, 1.165) is 12.0 Å². The first-order valence-corrected chi connectivity index (χ1v) is 8.49. The molecule has 0 heterocycles. The van der Waals surface area contributed by atoms with Crippen molar-refractivity contribution in [3.8, 4) is 0 Å². The van der Waals surface area contributed by atoms with Crippen LogP contribution in [0.4, 0.5) is 5.69 Å². The van der Waals surface area contributed by atoms with Crippen molar-refractivity contribution >= 4 is 23.2 Å².